The molecule has 2 saturated heterocycles. The molecule has 1 aliphatic carbocycles. The topological polar surface area (TPSA) is 366 Å². The van der Waals surface area contributed by atoms with E-state index in [4.69, 9.17) is 24.4 Å². The van der Waals surface area contributed by atoms with Crippen molar-refractivity contribution >= 4 is 71.0 Å². The molecule has 3 aliphatic heterocycles. The number of amides is 12. The average Bonchev–Trinajstić information content (AvgIpc) is 1.60. The molecule has 3 fully saturated rings. The third-order valence-electron chi connectivity index (χ3n) is 20.5. The molecule has 3 aromatic carbocycles. The lowest BCUT2D eigenvalue weighted by atomic mass is 9.89. The number of nitrogens with one attached hydrogen (secondary N) is 6. The van der Waals surface area contributed by atoms with Gasteiger partial charge in [0.25, 0.3) is 11.8 Å². The minimum absolute atomic E-state index is 0.0884. The number of methoxy groups -OCH3 is 2. The Morgan fingerprint density at radius 1 is 0.731 bits per heavy atom. The fourth-order valence-electron chi connectivity index (χ4n) is 14.6. The SMILES string of the molecule is CC[C@H](C)[C@@H]([C@H](CC(=O)N1CCC[C@H]1[C@H](OC)[C@@H](C)C(=O)N[C@@H](Cc1ccccc1)c1nnc(-c2ccccc2)o1)OC)N(C)C(=O)[C@@H](NC(=O)[C@@H]1[C@H]2CC[C@H](C2)N1C(=O)OCc1ccc(NC(=O)[C@H](CCCNC(N)=O)NC(=O)[C@@H](NC(=O)CCCCCN2C(=O)C=CC2=O)C(C)C)cc1)C(C)C. The minimum Gasteiger partial charge on any atom is -0.445 e. The first-order chi connectivity index (χ1) is 49.8. The van der Waals surface area contributed by atoms with E-state index >= 15 is 4.79 Å². The van der Waals surface area contributed by atoms with Crippen LogP contribution in [0, 0.1) is 29.6 Å². The Morgan fingerprint density at radius 3 is 2.06 bits per heavy atom. The first-order valence-corrected chi connectivity index (χ1v) is 36.5. The Hall–Kier alpha value is -9.57. The number of unbranched alkanes of at least 4 members (excludes halogenated alkanes) is 2. The molecule has 8 N–H and O–H groups in total. The van der Waals surface area contributed by atoms with E-state index in [0.29, 0.717) is 87.9 Å². The van der Waals surface area contributed by atoms with Crippen molar-refractivity contribution in [3.63, 3.8) is 0 Å². The van der Waals surface area contributed by atoms with Crippen LogP contribution >= 0.6 is 0 Å². The third kappa shape index (κ3) is 21.1. The van der Waals surface area contributed by atoms with E-state index in [0.717, 1.165) is 16.0 Å². The van der Waals surface area contributed by atoms with Crippen LogP contribution in [0.2, 0.25) is 0 Å². The fraction of sp³-hybridized carbons (Fsp3) is 0.566. The highest BCUT2D eigenvalue weighted by Crippen LogP contribution is 2.43. The molecular weight excluding hydrogens is 1330 g/mol. The van der Waals surface area contributed by atoms with Crippen LogP contribution in [-0.2, 0) is 70.4 Å². The molecule has 4 heterocycles. The van der Waals surface area contributed by atoms with Gasteiger partial charge >= 0.3 is 12.1 Å². The monoisotopic (exact) mass is 1440 g/mol. The molecule has 0 radical (unpaired) electrons. The number of imide groups is 1. The van der Waals surface area contributed by atoms with Gasteiger partial charge in [-0.25, -0.2) is 9.59 Å². The van der Waals surface area contributed by atoms with E-state index in [1.807, 2.05) is 88.4 Å². The zero-order valence-corrected chi connectivity index (χ0v) is 61.5. The Bertz CT molecular complexity index is 3610. The van der Waals surface area contributed by atoms with Crippen LogP contribution in [0.4, 0.5) is 15.3 Å². The van der Waals surface area contributed by atoms with Crippen molar-refractivity contribution in [1.82, 2.24) is 56.4 Å². The number of primary amides is 1. The highest BCUT2D eigenvalue weighted by atomic mass is 16.6. The molecule has 0 unspecified atom stereocenters. The smallest absolute Gasteiger partial charge is 0.411 e. The number of benzene rings is 3. The molecule has 0 spiro atoms. The summed E-state index contributed by atoms with van der Waals surface area (Å²) in [7, 11) is 4.72. The lowest BCUT2D eigenvalue weighted by Gasteiger charge is -2.41. The Morgan fingerprint density at radius 2 is 1.41 bits per heavy atom. The molecule has 4 aliphatic rings. The number of nitrogens with two attached hydrogens (primary N) is 1. The van der Waals surface area contributed by atoms with Crippen molar-refractivity contribution in [2.24, 2.45) is 35.3 Å². The summed E-state index contributed by atoms with van der Waals surface area (Å²) in [6.07, 6.45) is 6.29. The summed E-state index contributed by atoms with van der Waals surface area (Å²) in [6, 6.07) is 18.7. The molecule has 4 aromatic rings. The molecular formula is C76H105N13O15. The molecule has 2 bridgehead atoms. The second-order valence-electron chi connectivity index (χ2n) is 28.5. The van der Waals surface area contributed by atoms with Gasteiger partial charge in [-0.05, 0) is 117 Å². The number of likely N-dealkylation sites (tertiary alicyclic amines) is 2. The summed E-state index contributed by atoms with van der Waals surface area (Å²) in [6.45, 7) is 13.5. The van der Waals surface area contributed by atoms with Gasteiger partial charge in [-0.2, -0.15) is 0 Å². The minimum atomic E-state index is -1.11. The van der Waals surface area contributed by atoms with Crippen molar-refractivity contribution in [3.05, 3.63) is 114 Å². The predicted octanol–water partition coefficient (Wildman–Crippen LogP) is 6.89. The average molecular weight is 1440 g/mol. The number of nitrogens with zero attached hydrogens (tertiary/aromatic N) is 6. The van der Waals surface area contributed by atoms with Gasteiger partial charge in [0.05, 0.1) is 36.6 Å². The van der Waals surface area contributed by atoms with E-state index in [-0.39, 0.29) is 105 Å². The van der Waals surface area contributed by atoms with Crippen LogP contribution < -0.4 is 37.6 Å². The lowest BCUT2D eigenvalue weighted by molar-refractivity contribution is -0.148. The second kappa shape index (κ2) is 38.3. The number of likely N-dealkylation sites (N-methyl/N-ethyl adjacent to an activating group) is 1. The Labute approximate surface area is 608 Å². The Balaban J connectivity index is 0.856. The van der Waals surface area contributed by atoms with Crippen LogP contribution in [0.1, 0.15) is 155 Å². The highest BCUT2D eigenvalue weighted by molar-refractivity contribution is 6.12. The van der Waals surface area contributed by atoms with E-state index < -0.39 is 102 Å². The van der Waals surface area contributed by atoms with Gasteiger partial charge in [0.15, 0.2) is 0 Å². The van der Waals surface area contributed by atoms with Crippen LogP contribution in [0.25, 0.3) is 11.5 Å². The van der Waals surface area contributed by atoms with Crippen LogP contribution in [0.15, 0.2) is 101 Å². The van der Waals surface area contributed by atoms with Crippen molar-refractivity contribution in [2.45, 2.75) is 206 Å². The predicted molar refractivity (Wildman–Crippen MR) is 386 cm³/mol. The second-order valence-corrected chi connectivity index (χ2v) is 28.5. The van der Waals surface area contributed by atoms with E-state index in [1.54, 1.807) is 61.9 Å². The van der Waals surface area contributed by atoms with Gasteiger partial charge in [0.1, 0.15) is 36.8 Å². The van der Waals surface area contributed by atoms with Crippen molar-refractivity contribution in [2.75, 3.05) is 46.2 Å². The van der Waals surface area contributed by atoms with Gasteiger partial charge in [-0.3, -0.25) is 53.0 Å². The zero-order valence-electron chi connectivity index (χ0n) is 61.5. The lowest BCUT2D eigenvalue weighted by Crippen LogP contribution is -2.60. The number of fused-ring (bicyclic) bond motifs is 2. The number of piperidine rings is 1. The number of carbonyl (C=O) groups excluding carboxylic acids is 11. The quantitative estimate of drug-likeness (QED) is 0.0177. The molecule has 13 atom stereocenters. The number of anilines is 1. The zero-order chi connectivity index (χ0) is 75.3. The van der Waals surface area contributed by atoms with Crippen LogP contribution in [0.5, 0.6) is 0 Å². The van der Waals surface area contributed by atoms with E-state index in [1.165, 1.54) is 31.3 Å². The number of urea groups is 1. The van der Waals surface area contributed by atoms with Gasteiger partial charge in [0.2, 0.25) is 53.1 Å². The number of hydrogen-bond acceptors (Lipinski definition) is 17. The summed E-state index contributed by atoms with van der Waals surface area (Å²) >= 11 is 0. The largest absolute Gasteiger partial charge is 0.445 e. The van der Waals surface area contributed by atoms with Crippen LogP contribution in [-0.4, -0.2) is 190 Å². The molecule has 1 saturated carbocycles. The molecule has 28 nitrogen and oxygen atoms in total. The van der Waals surface area contributed by atoms with E-state index in [2.05, 4.69) is 42.1 Å². The maximum absolute atomic E-state index is 15.0. The van der Waals surface area contributed by atoms with Crippen molar-refractivity contribution in [3.8, 4) is 11.5 Å². The first-order valence-electron chi connectivity index (χ1n) is 36.5. The third-order valence-corrected chi connectivity index (χ3v) is 20.5. The maximum atomic E-state index is 15.0. The van der Waals surface area contributed by atoms with E-state index in [9.17, 15) is 47.9 Å². The number of ether oxygens (including phenoxy) is 3. The molecule has 28 heteroatoms. The van der Waals surface area contributed by atoms with Gasteiger partial charge in [-0.1, -0.05) is 122 Å². The highest BCUT2D eigenvalue weighted by Gasteiger charge is 2.53. The summed E-state index contributed by atoms with van der Waals surface area (Å²) in [5, 5.41) is 25.7. The summed E-state index contributed by atoms with van der Waals surface area (Å²) in [5.74, 6) is -5.04. The van der Waals surface area contributed by atoms with Gasteiger partial charge in [-0.15, -0.1) is 10.2 Å². The van der Waals surface area contributed by atoms with Gasteiger partial charge in [0, 0.05) is 83.2 Å². The fourth-order valence-corrected chi connectivity index (χ4v) is 14.6. The summed E-state index contributed by atoms with van der Waals surface area (Å²) in [5.41, 5.74) is 7.87. The van der Waals surface area contributed by atoms with Crippen molar-refractivity contribution < 1.29 is 71.4 Å². The normalized spacial score (nSPS) is 19.5. The van der Waals surface area contributed by atoms with Crippen molar-refractivity contribution in [1.29, 1.82) is 0 Å². The molecule has 564 valence electrons. The molecule has 104 heavy (non-hydrogen) atoms. The Kier molecular flexibility index (Phi) is 29.5. The first kappa shape index (κ1) is 80.1. The summed E-state index contributed by atoms with van der Waals surface area (Å²) < 4.78 is 24.4. The number of aromatic nitrogens is 2. The number of hydrogen-bond donors (Lipinski definition) is 7. The standard InChI is InChI=1S/C76H105N13O15/c1-11-47(6)65(58(101-9)43-62(93)87-40-22-28-57(87)67(102-10)48(7)68(94)81-56(41-49-23-15-12-16-24-49)73-85-84-72(104-73)51-25-17-13-18-26-51)86(8)74(98)64(46(4)5)83-71(97)66-52-32-35-54(42-52)89(66)76(100)103-44-50-30-33-53(34-31-50)79-69(95)55(27-21-38-78-75(77)99)80-70(96)63(45(2)3)82-59(90)29-19-14-20-39-88-60(91)36-37-61(88)92/h12-13,15-18,23-26,30-31,33-34,36-37,45-48,52,54-58,63-67H,11,14,19-22,27-29,32,35,38-44H2,1-10H3,(H,79,95)(H,80,96)(H,81,94)(H,82,90)(H,83,97)(H3,77,78,99)/t47-,48+,52-,54+,55-,56-,57-,58-,63-,64-,65-,66-,67+/m0/s1. The van der Waals surface area contributed by atoms with Crippen LogP contribution in [0.3, 0.4) is 0 Å². The number of carbonyl (C=O) groups is 11. The molecule has 1 aromatic heterocycles. The molecule has 8 rings (SSSR count). The summed E-state index contributed by atoms with van der Waals surface area (Å²) in [4.78, 5) is 155. The maximum Gasteiger partial charge on any atom is 0.411 e. The number of rotatable bonds is 38. The molecule has 12 amide bonds. The van der Waals surface area contributed by atoms with Gasteiger partial charge < -0.3 is 66.1 Å².